The summed E-state index contributed by atoms with van der Waals surface area (Å²) in [5.41, 5.74) is 26.7. The summed E-state index contributed by atoms with van der Waals surface area (Å²) in [5.74, 6) is -0.488. The maximum absolute atomic E-state index is 13.3. The minimum atomic E-state index is -0.598. The quantitative estimate of drug-likeness (QED) is 0.0944. The van der Waals surface area contributed by atoms with Gasteiger partial charge in [0.25, 0.3) is 5.91 Å². The third-order valence-electron chi connectivity index (χ3n) is 8.80. The highest BCUT2D eigenvalue weighted by Gasteiger charge is 2.43. The van der Waals surface area contributed by atoms with Crippen LogP contribution in [0.25, 0.3) is 11.1 Å². The average Bonchev–Trinajstić information content (AvgIpc) is 3.66. The molecule has 2 aromatic carbocycles. The third kappa shape index (κ3) is 5.83. The molecule has 13 nitrogen and oxygen atoms in total. The molecule has 0 atom stereocenters. The molecule has 0 bridgehead atoms. The Morgan fingerprint density at radius 2 is 1.28 bits per heavy atom. The molecule has 9 N–H and O–H groups in total. The molecular formula is C31H35N11O2S2. The Bertz CT molecular complexity index is 1740. The molecule has 0 spiro atoms. The van der Waals surface area contributed by atoms with Crippen molar-refractivity contribution < 1.29 is 9.59 Å². The second kappa shape index (κ2) is 12.2. The van der Waals surface area contributed by atoms with Crippen molar-refractivity contribution in [1.29, 1.82) is 0 Å². The van der Waals surface area contributed by atoms with Crippen LogP contribution in [0.5, 0.6) is 0 Å². The summed E-state index contributed by atoms with van der Waals surface area (Å²) in [6.45, 7) is 3.94. The van der Waals surface area contributed by atoms with E-state index in [0.29, 0.717) is 20.7 Å². The first kappa shape index (κ1) is 31.2. The van der Waals surface area contributed by atoms with E-state index in [2.05, 4.69) is 35.7 Å². The predicted molar refractivity (Wildman–Crippen MR) is 180 cm³/mol. The van der Waals surface area contributed by atoms with E-state index in [1.165, 1.54) is 22.7 Å². The summed E-state index contributed by atoms with van der Waals surface area (Å²) < 4.78 is 0. The fourth-order valence-electron chi connectivity index (χ4n) is 5.95. The Balaban J connectivity index is 1.20. The van der Waals surface area contributed by atoms with Crippen molar-refractivity contribution in [3.63, 3.8) is 0 Å². The highest BCUT2D eigenvalue weighted by molar-refractivity contribution is 7.13. The second-order valence-corrected chi connectivity index (χ2v) is 13.7. The van der Waals surface area contributed by atoms with Gasteiger partial charge in [-0.3, -0.25) is 9.59 Å². The summed E-state index contributed by atoms with van der Waals surface area (Å²) in [6.07, 6.45) is 5.19. The molecule has 2 heterocycles. The van der Waals surface area contributed by atoms with Crippen LogP contribution in [0.4, 0.5) is 5.69 Å². The van der Waals surface area contributed by atoms with Crippen molar-refractivity contribution >= 4 is 52.0 Å². The van der Waals surface area contributed by atoms with Crippen molar-refractivity contribution in [2.75, 3.05) is 5.32 Å². The lowest BCUT2D eigenvalue weighted by Crippen LogP contribution is -2.37. The third-order valence-corrected chi connectivity index (χ3v) is 11.1. The molecule has 15 heteroatoms. The molecule has 2 saturated carbocycles. The molecule has 2 aliphatic carbocycles. The largest absolute Gasteiger partial charge is 0.370 e. The Hall–Kier alpha value is -4.76. The minimum absolute atomic E-state index is 0.00450. The normalized spacial score (nSPS) is 16.0. The lowest BCUT2D eigenvalue weighted by molar-refractivity contribution is 0.0989. The van der Waals surface area contributed by atoms with Gasteiger partial charge in [0.1, 0.15) is 21.1 Å². The summed E-state index contributed by atoms with van der Waals surface area (Å²) in [6, 6.07) is 11.6. The van der Waals surface area contributed by atoms with Crippen molar-refractivity contribution in [2.24, 2.45) is 32.9 Å². The van der Waals surface area contributed by atoms with Crippen molar-refractivity contribution in [1.82, 2.24) is 20.4 Å². The monoisotopic (exact) mass is 657 g/mol. The molecule has 0 aliphatic heterocycles. The van der Waals surface area contributed by atoms with E-state index in [1.54, 1.807) is 0 Å². The van der Waals surface area contributed by atoms with E-state index < -0.39 is 11.1 Å². The first-order chi connectivity index (χ1) is 22.0. The van der Waals surface area contributed by atoms with Gasteiger partial charge in [-0.1, -0.05) is 53.0 Å². The van der Waals surface area contributed by atoms with Gasteiger partial charge in [-0.25, -0.2) is 9.98 Å². The number of ketones is 1. The van der Waals surface area contributed by atoms with Crippen LogP contribution >= 0.6 is 22.7 Å². The minimum Gasteiger partial charge on any atom is -0.370 e. The number of carbonyl (C=O) groups excluding carboxylic acids is 2. The number of hydrogen-bond acceptors (Lipinski definition) is 10. The number of carbonyl (C=O) groups is 2. The molecule has 0 radical (unpaired) electrons. The topological polar surface area (TPSA) is 227 Å². The lowest BCUT2D eigenvalue weighted by Gasteiger charge is -2.35. The standard InChI is InChI=1S/C31H35N11O2S2/c1-16-18(15-22(43)24-39-41-26(45-24)30(11-5-12-30)37-28(32)33)7-3-8-19(16)20-9-4-10-21(17(20)2)36-23(44)25-40-42-27(46-25)31(13-6-14-31)38-29(34)35/h3-4,7-10H,5-6,11-15H2,1-2H3,(H,36,44)(H4,32,33,37)(H4,34,35,38). The highest BCUT2D eigenvalue weighted by Crippen LogP contribution is 2.47. The van der Waals surface area contributed by atoms with E-state index in [1.807, 2.05) is 50.2 Å². The van der Waals surface area contributed by atoms with Crippen molar-refractivity contribution in [3.8, 4) is 11.1 Å². The molecule has 4 aromatic rings. The zero-order valence-corrected chi connectivity index (χ0v) is 27.2. The van der Waals surface area contributed by atoms with Crippen LogP contribution in [0.3, 0.4) is 0 Å². The average molecular weight is 658 g/mol. The summed E-state index contributed by atoms with van der Waals surface area (Å²) >= 11 is 2.45. The summed E-state index contributed by atoms with van der Waals surface area (Å²) in [5, 5.41) is 21.7. The van der Waals surface area contributed by atoms with Crippen molar-refractivity contribution in [2.45, 2.75) is 69.9 Å². The SMILES string of the molecule is Cc1c(CC(=O)c2nnc(C3(N=C(N)N)CCC3)s2)cccc1-c1cccc(NC(=O)c2nnc(C3(N=C(N)N)CCC3)s2)c1C. The van der Waals surface area contributed by atoms with E-state index in [9.17, 15) is 9.59 Å². The van der Waals surface area contributed by atoms with Crippen LogP contribution in [-0.4, -0.2) is 44.0 Å². The van der Waals surface area contributed by atoms with Gasteiger partial charge < -0.3 is 28.3 Å². The van der Waals surface area contributed by atoms with E-state index in [0.717, 1.165) is 66.3 Å². The number of amides is 1. The van der Waals surface area contributed by atoms with Crippen LogP contribution in [-0.2, 0) is 17.5 Å². The zero-order chi connectivity index (χ0) is 32.6. The van der Waals surface area contributed by atoms with Crippen LogP contribution in [0, 0.1) is 13.8 Å². The van der Waals surface area contributed by atoms with Gasteiger partial charge in [0.15, 0.2) is 22.7 Å². The number of aliphatic imine (C=N–C) groups is 2. The first-order valence-electron chi connectivity index (χ1n) is 14.9. The van der Waals surface area contributed by atoms with Gasteiger partial charge in [-0.2, -0.15) is 0 Å². The fraction of sp³-hybridized carbons (Fsp3) is 0.355. The lowest BCUT2D eigenvalue weighted by atomic mass is 9.78. The summed E-state index contributed by atoms with van der Waals surface area (Å²) in [4.78, 5) is 35.4. The van der Waals surface area contributed by atoms with Gasteiger partial charge in [0, 0.05) is 12.1 Å². The number of benzene rings is 2. The molecule has 2 aliphatic rings. The molecule has 238 valence electrons. The highest BCUT2D eigenvalue weighted by atomic mass is 32.1. The van der Waals surface area contributed by atoms with Crippen LogP contribution in [0.15, 0.2) is 46.4 Å². The Morgan fingerprint density at radius 1 is 0.761 bits per heavy atom. The van der Waals surface area contributed by atoms with E-state index in [-0.39, 0.29) is 35.0 Å². The maximum atomic E-state index is 13.3. The number of anilines is 1. The number of aromatic nitrogens is 4. The Labute approximate surface area is 273 Å². The van der Waals surface area contributed by atoms with Gasteiger partial charge in [0.2, 0.25) is 5.01 Å². The van der Waals surface area contributed by atoms with Gasteiger partial charge in [-0.15, -0.1) is 20.4 Å². The molecule has 1 amide bonds. The molecular weight excluding hydrogens is 623 g/mol. The van der Waals surface area contributed by atoms with E-state index >= 15 is 0 Å². The van der Waals surface area contributed by atoms with Crippen LogP contribution < -0.4 is 28.3 Å². The van der Waals surface area contributed by atoms with Gasteiger partial charge in [0.05, 0.1) is 0 Å². The number of nitrogens with one attached hydrogen (secondary N) is 1. The summed E-state index contributed by atoms with van der Waals surface area (Å²) in [7, 11) is 0. The van der Waals surface area contributed by atoms with E-state index in [4.69, 9.17) is 22.9 Å². The molecule has 2 fully saturated rings. The predicted octanol–water partition coefficient (Wildman–Crippen LogP) is 3.66. The van der Waals surface area contributed by atoms with Gasteiger partial charge >= 0.3 is 0 Å². The maximum Gasteiger partial charge on any atom is 0.286 e. The number of hydrogen-bond donors (Lipinski definition) is 5. The number of nitrogens with zero attached hydrogens (tertiary/aromatic N) is 6. The first-order valence-corrected chi connectivity index (χ1v) is 16.6. The molecule has 0 unspecified atom stereocenters. The van der Waals surface area contributed by atoms with Crippen LogP contribution in [0.2, 0.25) is 0 Å². The Kier molecular flexibility index (Phi) is 8.29. The number of nitrogens with two attached hydrogens (primary N) is 4. The number of guanidine groups is 2. The number of Topliss-reactive ketones (excluding diaryl/α,β-unsaturated/α-hetero) is 1. The molecule has 6 rings (SSSR count). The number of rotatable bonds is 10. The second-order valence-electron chi connectivity index (χ2n) is 11.8. The fourth-order valence-corrected chi connectivity index (χ4v) is 7.85. The molecule has 0 saturated heterocycles. The van der Waals surface area contributed by atoms with Crippen LogP contribution in [0.1, 0.15) is 84.8 Å². The molecule has 46 heavy (non-hydrogen) atoms. The molecule has 2 aromatic heterocycles. The Morgan fingerprint density at radius 3 is 1.83 bits per heavy atom. The zero-order valence-electron chi connectivity index (χ0n) is 25.5. The smallest absolute Gasteiger partial charge is 0.286 e. The van der Waals surface area contributed by atoms with Crippen molar-refractivity contribution in [3.05, 3.63) is 73.1 Å². The van der Waals surface area contributed by atoms with Gasteiger partial charge in [-0.05, 0) is 86.3 Å².